The lowest BCUT2D eigenvalue weighted by Gasteiger charge is -2.14. The van der Waals surface area contributed by atoms with E-state index in [4.69, 9.17) is 16.3 Å². The molecule has 0 spiro atoms. The van der Waals surface area contributed by atoms with Gasteiger partial charge in [-0.05, 0) is 24.3 Å². The van der Waals surface area contributed by atoms with Crippen LogP contribution in [0.4, 0.5) is 23.1 Å². The third kappa shape index (κ3) is 3.34. The molecule has 3 aromatic rings. The van der Waals surface area contributed by atoms with Crippen molar-refractivity contribution in [3.05, 3.63) is 59.0 Å². The molecule has 27 heavy (non-hydrogen) atoms. The number of benzene rings is 1. The van der Waals surface area contributed by atoms with Crippen LogP contribution in [-0.2, 0) is 6.54 Å². The Bertz CT molecular complexity index is 1030. The van der Waals surface area contributed by atoms with Crippen LogP contribution in [0.15, 0.2) is 42.9 Å². The molecule has 4 rings (SSSR count). The smallest absolute Gasteiger partial charge is 0.252 e. The molecular formula is C18H15ClN6O2. The quantitative estimate of drug-likeness (QED) is 0.622. The van der Waals surface area contributed by atoms with Crippen LogP contribution in [0, 0.1) is 0 Å². The van der Waals surface area contributed by atoms with Crippen LogP contribution in [0.5, 0.6) is 5.75 Å². The number of anilines is 4. The normalized spacial score (nSPS) is 12.3. The van der Waals surface area contributed by atoms with Crippen molar-refractivity contribution in [2.75, 3.05) is 17.7 Å². The molecule has 0 aliphatic carbocycles. The van der Waals surface area contributed by atoms with Crippen molar-refractivity contribution in [3.63, 3.8) is 0 Å². The summed E-state index contributed by atoms with van der Waals surface area (Å²) in [5, 5.41) is 9.53. The maximum atomic E-state index is 11.8. The number of rotatable bonds is 5. The minimum absolute atomic E-state index is 0.101. The highest BCUT2D eigenvalue weighted by Gasteiger charge is 2.24. The summed E-state index contributed by atoms with van der Waals surface area (Å²) in [6, 6.07) is 8.76. The molecule has 136 valence electrons. The van der Waals surface area contributed by atoms with E-state index in [-0.39, 0.29) is 5.91 Å². The topological polar surface area (TPSA) is 101 Å². The van der Waals surface area contributed by atoms with E-state index in [0.717, 1.165) is 5.56 Å². The first-order valence-electron chi connectivity index (χ1n) is 8.10. The van der Waals surface area contributed by atoms with E-state index in [1.165, 1.54) is 6.33 Å². The number of halogens is 1. The molecule has 1 aliphatic rings. The standard InChI is InChI=1S/C18H15ClN6O2/c1-27-16-11-8-21-18(26)10(11)4-5-13(16)24-14-7-15(23-9-22-14)25-17-12(19)3-2-6-20-17/h2-7,9H,8H2,1H3,(H,21,26)(H2,20,22,23,24,25). The Morgan fingerprint density at radius 2 is 1.96 bits per heavy atom. The number of carbonyl (C=O) groups is 1. The van der Waals surface area contributed by atoms with Crippen LogP contribution in [0.3, 0.4) is 0 Å². The Balaban J connectivity index is 1.61. The first kappa shape index (κ1) is 17.0. The van der Waals surface area contributed by atoms with Gasteiger partial charge >= 0.3 is 0 Å². The van der Waals surface area contributed by atoms with Crippen molar-refractivity contribution >= 4 is 40.6 Å². The Hall–Kier alpha value is -3.39. The first-order valence-corrected chi connectivity index (χ1v) is 8.48. The van der Waals surface area contributed by atoms with Gasteiger partial charge in [0.15, 0.2) is 0 Å². The Labute approximate surface area is 160 Å². The van der Waals surface area contributed by atoms with Crippen LogP contribution in [0.25, 0.3) is 0 Å². The molecule has 0 fully saturated rings. The van der Waals surface area contributed by atoms with Gasteiger partial charge in [-0.25, -0.2) is 15.0 Å². The fourth-order valence-electron chi connectivity index (χ4n) is 2.84. The molecule has 3 heterocycles. The number of pyridine rings is 1. The molecule has 9 heteroatoms. The van der Waals surface area contributed by atoms with E-state index in [0.29, 0.717) is 46.0 Å². The summed E-state index contributed by atoms with van der Waals surface area (Å²) in [5.74, 6) is 2.09. The second-order valence-electron chi connectivity index (χ2n) is 5.73. The monoisotopic (exact) mass is 382 g/mol. The predicted molar refractivity (Wildman–Crippen MR) is 102 cm³/mol. The zero-order valence-electron chi connectivity index (χ0n) is 14.3. The molecule has 1 aliphatic heterocycles. The van der Waals surface area contributed by atoms with Gasteiger partial charge in [0.05, 0.1) is 17.8 Å². The average molecular weight is 383 g/mol. The summed E-state index contributed by atoms with van der Waals surface area (Å²) < 4.78 is 5.51. The van der Waals surface area contributed by atoms with Crippen molar-refractivity contribution in [1.82, 2.24) is 20.3 Å². The van der Waals surface area contributed by atoms with Crippen molar-refractivity contribution in [1.29, 1.82) is 0 Å². The molecule has 0 saturated carbocycles. The molecule has 2 aromatic heterocycles. The van der Waals surface area contributed by atoms with Gasteiger partial charge in [0.2, 0.25) is 0 Å². The van der Waals surface area contributed by atoms with Gasteiger partial charge in [-0.3, -0.25) is 4.79 Å². The Morgan fingerprint density at radius 1 is 1.15 bits per heavy atom. The number of ether oxygens (including phenoxy) is 1. The second-order valence-corrected chi connectivity index (χ2v) is 6.13. The summed E-state index contributed by atoms with van der Waals surface area (Å²) in [5.41, 5.74) is 2.14. The zero-order chi connectivity index (χ0) is 18.8. The number of nitrogens with one attached hydrogen (secondary N) is 3. The lowest BCUT2D eigenvalue weighted by atomic mass is 10.1. The lowest BCUT2D eigenvalue weighted by molar-refractivity contribution is 0.0966. The van der Waals surface area contributed by atoms with Crippen molar-refractivity contribution in [2.45, 2.75) is 6.54 Å². The van der Waals surface area contributed by atoms with Crippen molar-refractivity contribution in [3.8, 4) is 5.75 Å². The molecule has 1 aromatic carbocycles. The molecule has 3 N–H and O–H groups in total. The van der Waals surface area contributed by atoms with E-state index < -0.39 is 0 Å². The second kappa shape index (κ2) is 7.08. The molecule has 0 saturated heterocycles. The minimum atomic E-state index is -0.101. The molecule has 0 radical (unpaired) electrons. The largest absolute Gasteiger partial charge is 0.494 e. The number of amides is 1. The predicted octanol–water partition coefficient (Wildman–Crippen LogP) is 3.26. The fourth-order valence-corrected chi connectivity index (χ4v) is 3.01. The van der Waals surface area contributed by atoms with Gasteiger partial charge in [0.25, 0.3) is 5.91 Å². The maximum absolute atomic E-state index is 11.8. The molecule has 0 atom stereocenters. The third-order valence-electron chi connectivity index (χ3n) is 4.07. The summed E-state index contributed by atoms with van der Waals surface area (Å²) in [6.07, 6.45) is 3.06. The summed E-state index contributed by atoms with van der Waals surface area (Å²) in [7, 11) is 1.57. The summed E-state index contributed by atoms with van der Waals surface area (Å²) in [4.78, 5) is 24.4. The number of hydrogen-bond acceptors (Lipinski definition) is 7. The Morgan fingerprint density at radius 3 is 2.74 bits per heavy atom. The molecule has 0 unspecified atom stereocenters. The van der Waals surface area contributed by atoms with Gasteiger partial charge < -0.3 is 20.7 Å². The lowest BCUT2D eigenvalue weighted by Crippen LogP contribution is -2.12. The number of carbonyl (C=O) groups excluding carboxylic acids is 1. The molecule has 1 amide bonds. The SMILES string of the molecule is COc1c(Nc2cc(Nc3ncccc3Cl)ncn2)ccc2c1CNC2=O. The first-order chi connectivity index (χ1) is 13.2. The van der Waals surface area contributed by atoms with Crippen LogP contribution in [-0.4, -0.2) is 28.0 Å². The number of methoxy groups -OCH3 is 1. The Kier molecular flexibility index (Phi) is 4.47. The van der Waals surface area contributed by atoms with Crippen LogP contribution < -0.4 is 20.7 Å². The van der Waals surface area contributed by atoms with Crippen LogP contribution in [0.1, 0.15) is 15.9 Å². The van der Waals surface area contributed by atoms with Gasteiger partial charge in [0.1, 0.15) is 29.5 Å². The van der Waals surface area contributed by atoms with Gasteiger partial charge in [0, 0.05) is 29.9 Å². The van der Waals surface area contributed by atoms with E-state index >= 15 is 0 Å². The highest BCUT2D eigenvalue weighted by molar-refractivity contribution is 6.33. The van der Waals surface area contributed by atoms with E-state index in [1.807, 2.05) is 0 Å². The zero-order valence-corrected chi connectivity index (χ0v) is 15.0. The number of aromatic nitrogens is 3. The van der Waals surface area contributed by atoms with Crippen LogP contribution in [0.2, 0.25) is 5.02 Å². The van der Waals surface area contributed by atoms with Crippen molar-refractivity contribution < 1.29 is 9.53 Å². The average Bonchev–Trinajstić information content (AvgIpc) is 3.05. The van der Waals surface area contributed by atoms with Crippen LogP contribution >= 0.6 is 11.6 Å². The highest BCUT2D eigenvalue weighted by atomic mass is 35.5. The number of nitrogens with zero attached hydrogens (tertiary/aromatic N) is 3. The number of hydrogen-bond donors (Lipinski definition) is 3. The third-order valence-corrected chi connectivity index (χ3v) is 4.37. The highest BCUT2D eigenvalue weighted by Crippen LogP contribution is 2.35. The van der Waals surface area contributed by atoms with Gasteiger partial charge in [-0.2, -0.15) is 0 Å². The molecular weight excluding hydrogens is 368 g/mol. The summed E-state index contributed by atoms with van der Waals surface area (Å²) in [6.45, 7) is 0.432. The van der Waals surface area contributed by atoms with E-state index in [1.54, 1.807) is 43.6 Å². The van der Waals surface area contributed by atoms with Crippen molar-refractivity contribution in [2.24, 2.45) is 0 Å². The molecule has 0 bridgehead atoms. The molecule has 8 nitrogen and oxygen atoms in total. The van der Waals surface area contributed by atoms with Gasteiger partial charge in [-0.15, -0.1) is 0 Å². The summed E-state index contributed by atoms with van der Waals surface area (Å²) >= 11 is 6.12. The number of fused-ring (bicyclic) bond motifs is 1. The van der Waals surface area contributed by atoms with E-state index in [9.17, 15) is 4.79 Å². The van der Waals surface area contributed by atoms with E-state index in [2.05, 4.69) is 30.9 Å². The van der Waals surface area contributed by atoms with Gasteiger partial charge in [-0.1, -0.05) is 11.6 Å². The fraction of sp³-hybridized carbons (Fsp3) is 0.111. The maximum Gasteiger partial charge on any atom is 0.252 e. The minimum Gasteiger partial charge on any atom is -0.494 e.